The number of nitrogens with zero attached hydrogens (tertiary/aromatic N) is 1. The molecule has 3 aliphatic heterocycles. The normalized spacial score (nSPS) is 37.6. The number of amides is 3. The zero-order chi connectivity index (χ0) is 27.3. The number of rotatable bonds is 6. The van der Waals surface area contributed by atoms with Crippen molar-refractivity contribution in [3.63, 3.8) is 0 Å². The molecule has 3 heterocycles. The Morgan fingerprint density at radius 3 is 2.46 bits per heavy atom. The fraction of sp³-hybridized carbons (Fsp3) is 0.645. The second-order valence-electron chi connectivity index (χ2n) is 12.3. The Labute approximate surface area is 230 Å². The molecule has 2 aliphatic carbocycles. The summed E-state index contributed by atoms with van der Waals surface area (Å²) in [6, 6.07) is 6.44. The number of hydrogen-bond donors (Lipinski definition) is 2. The number of ether oxygens (including phenoxy) is 2. The highest BCUT2D eigenvalue weighted by molar-refractivity contribution is 6.03. The third-order valence-corrected chi connectivity index (χ3v) is 10.2. The number of hydrogen-bond acceptors (Lipinski definition) is 5. The van der Waals surface area contributed by atoms with Gasteiger partial charge in [0.15, 0.2) is 0 Å². The van der Waals surface area contributed by atoms with Gasteiger partial charge in [-0.15, -0.1) is 0 Å². The number of carbonyl (C=O) groups is 3. The molecule has 1 spiro atoms. The van der Waals surface area contributed by atoms with E-state index in [1.54, 1.807) is 31.4 Å². The van der Waals surface area contributed by atoms with Crippen LogP contribution in [-0.2, 0) is 19.1 Å². The molecule has 210 valence electrons. The first kappa shape index (κ1) is 26.4. The van der Waals surface area contributed by atoms with Crippen LogP contribution in [0.4, 0.5) is 5.69 Å². The van der Waals surface area contributed by atoms with Gasteiger partial charge in [0.05, 0.1) is 25.0 Å². The Morgan fingerprint density at radius 2 is 1.74 bits per heavy atom. The molecular weight excluding hydrogens is 494 g/mol. The van der Waals surface area contributed by atoms with E-state index < -0.39 is 29.6 Å². The first-order valence-corrected chi connectivity index (χ1v) is 14.8. The van der Waals surface area contributed by atoms with E-state index in [-0.39, 0.29) is 35.7 Å². The number of benzene rings is 1. The second kappa shape index (κ2) is 10.3. The highest BCUT2D eigenvalue weighted by atomic mass is 16.5. The van der Waals surface area contributed by atoms with E-state index in [1.807, 2.05) is 17.1 Å². The fourth-order valence-electron chi connectivity index (χ4n) is 7.94. The van der Waals surface area contributed by atoms with Crippen LogP contribution in [0.3, 0.4) is 0 Å². The number of methoxy groups -OCH3 is 1. The summed E-state index contributed by atoms with van der Waals surface area (Å²) in [5, 5.41) is 6.29. The summed E-state index contributed by atoms with van der Waals surface area (Å²) in [5.41, 5.74) is -0.492. The van der Waals surface area contributed by atoms with Crippen molar-refractivity contribution in [2.24, 2.45) is 23.7 Å². The minimum atomic E-state index is -1.12. The van der Waals surface area contributed by atoms with Crippen LogP contribution in [-0.4, -0.2) is 59.6 Å². The minimum Gasteiger partial charge on any atom is -0.497 e. The third-order valence-electron chi connectivity index (χ3n) is 10.2. The summed E-state index contributed by atoms with van der Waals surface area (Å²) in [4.78, 5) is 44.1. The standard InChI is InChI=1S/C31H41N3O5/c1-18-8-7-11-23(19(18)2)34-27(29(36)33-20-9-5-4-6-10-20)31-17-16-24(39-31)25(26(31)30(34)37)28(35)32-21-12-14-22(38-3)15-13-21/h12-20,23-27H,4-11H2,1-3H3,(H,32,35)(H,33,36). The van der Waals surface area contributed by atoms with Crippen LogP contribution in [0.2, 0.25) is 0 Å². The van der Waals surface area contributed by atoms with Gasteiger partial charge < -0.3 is 25.0 Å². The van der Waals surface area contributed by atoms with Crippen LogP contribution in [0.5, 0.6) is 5.75 Å². The lowest BCUT2D eigenvalue weighted by atomic mass is 9.74. The predicted molar refractivity (Wildman–Crippen MR) is 147 cm³/mol. The van der Waals surface area contributed by atoms with Crippen LogP contribution < -0.4 is 15.4 Å². The van der Waals surface area contributed by atoms with Crippen LogP contribution in [0, 0.1) is 23.7 Å². The summed E-state index contributed by atoms with van der Waals surface area (Å²) in [7, 11) is 1.60. The minimum absolute atomic E-state index is 0.0512. The molecule has 6 rings (SSSR count). The van der Waals surface area contributed by atoms with Crippen molar-refractivity contribution >= 4 is 23.4 Å². The van der Waals surface area contributed by atoms with Gasteiger partial charge in [0.1, 0.15) is 17.4 Å². The molecule has 1 aromatic carbocycles. The van der Waals surface area contributed by atoms with Crippen molar-refractivity contribution < 1.29 is 23.9 Å². The Balaban J connectivity index is 1.32. The molecule has 0 radical (unpaired) electrons. The first-order valence-electron chi connectivity index (χ1n) is 14.8. The molecule has 1 aromatic rings. The molecule has 39 heavy (non-hydrogen) atoms. The summed E-state index contributed by atoms with van der Waals surface area (Å²) in [6.45, 7) is 4.44. The van der Waals surface area contributed by atoms with Gasteiger partial charge in [-0.05, 0) is 55.4 Å². The van der Waals surface area contributed by atoms with Crippen LogP contribution in [0.1, 0.15) is 65.2 Å². The molecule has 2 saturated carbocycles. The maximum atomic E-state index is 14.4. The largest absolute Gasteiger partial charge is 0.497 e. The van der Waals surface area contributed by atoms with Gasteiger partial charge in [-0.25, -0.2) is 0 Å². The molecule has 8 nitrogen and oxygen atoms in total. The monoisotopic (exact) mass is 535 g/mol. The zero-order valence-electron chi connectivity index (χ0n) is 23.2. The molecule has 0 aromatic heterocycles. The van der Waals surface area contributed by atoms with E-state index >= 15 is 0 Å². The molecule has 8 unspecified atom stereocenters. The smallest absolute Gasteiger partial charge is 0.246 e. The Morgan fingerprint density at radius 1 is 1.00 bits per heavy atom. The van der Waals surface area contributed by atoms with Crippen LogP contribution in [0.15, 0.2) is 36.4 Å². The maximum absolute atomic E-state index is 14.4. The predicted octanol–water partition coefficient (Wildman–Crippen LogP) is 4.06. The molecule has 3 amide bonds. The summed E-state index contributed by atoms with van der Waals surface area (Å²) in [5.74, 6) is -0.519. The van der Waals surface area contributed by atoms with E-state index in [4.69, 9.17) is 9.47 Å². The average molecular weight is 536 g/mol. The fourth-order valence-corrected chi connectivity index (χ4v) is 7.94. The van der Waals surface area contributed by atoms with Gasteiger partial charge >= 0.3 is 0 Å². The van der Waals surface area contributed by atoms with Gasteiger partial charge in [0.25, 0.3) is 0 Å². The zero-order valence-corrected chi connectivity index (χ0v) is 23.2. The molecule has 8 atom stereocenters. The SMILES string of the molecule is COc1ccc(NC(=O)C2C3C=CC4(O3)C2C(=O)N(C2CCCC(C)C2C)C4C(=O)NC2CCCCC2)cc1. The Bertz CT molecular complexity index is 1150. The molecule has 4 fully saturated rings. The van der Waals surface area contributed by atoms with Gasteiger partial charge in [0, 0.05) is 17.8 Å². The number of nitrogens with one attached hydrogen (secondary N) is 2. The summed E-state index contributed by atoms with van der Waals surface area (Å²) < 4.78 is 11.8. The van der Waals surface area contributed by atoms with Crippen molar-refractivity contribution in [2.45, 2.75) is 95.0 Å². The molecule has 8 heteroatoms. The van der Waals surface area contributed by atoms with E-state index in [0.29, 0.717) is 17.4 Å². The van der Waals surface area contributed by atoms with Gasteiger partial charge in [-0.3, -0.25) is 14.4 Å². The quantitative estimate of drug-likeness (QED) is 0.536. The van der Waals surface area contributed by atoms with Crippen molar-refractivity contribution in [3.8, 4) is 5.75 Å². The second-order valence-corrected chi connectivity index (χ2v) is 12.3. The molecule has 5 aliphatic rings. The summed E-state index contributed by atoms with van der Waals surface area (Å²) >= 11 is 0. The van der Waals surface area contributed by atoms with Crippen molar-refractivity contribution in [1.82, 2.24) is 10.2 Å². The average Bonchev–Trinajstić information content (AvgIpc) is 3.58. The highest BCUT2D eigenvalue weighted by Crippen LogP contribution is 2.56. The summed E-state index contributed by atoms with van der Waals surface area (Å²) in [6.07, 6.45) is 11.6. The van der Waals surface area contributed by atoms with E-state index in [2.05, 4.69) is 24.5 Å². The van der Waals surface area contributed by atoms with Gasteiger partial charge in [0.2, 0.25) is 17.7 Å². The lowest BCUT2D eigenvalue weighted by molar-refractivity contribution is -0.146. The Hall–Kier alpha value is -2.87. The molecule has 2 bridgehead atoms. The number of fused-ring (bicyclic) bond motifs is 1. The van der Waals surface area contributed by atoms with E-state index in [1.165, 1.54) is 6.42 Å². The number of anilines is 1. The number of carbonyl (C=O) groups excluding carboxylic acids is 3. The maximum Gasteiger partial charge on any atom is 0.246 e. The van der Waals surface area contributed by atoms with Crippen molar-refractivity contribution in [1.29, 1.82) is 0 Å². The van der Waals surface area contributed by atoms with Crippen molar-refractivity contribution in [3.05, 3.63) is 36.4 Å². The van der Waals surface area contributed by atoms with Crippen LogP contribution >= 0.6 is 0 Å². The lowest BCUT2D eigenvalue weighted by Gasteiger charge is -2.44. The van der Waals surface area contributed by atoms with Gasteiger partial charge in [-0.1, -0.05) is 58.1 Å². The Kier molecular flexibility index (Phi) is 6.94. The molecular formula is C31H41N3O5. The van der Waals surface area contributed by atoms with Crippen molar-refractivity contribution in [2.75, 3.05) is 12.4 Å². The van der Waals surface area contributed by atoms with E-state index in [9.17, 15) is 14.4 Å². The topological polar surface area (TPSA) is 97.0 Å². The van der Waals surface area contributed by atoms with E-state index in [0.717, 1.165) is 44.9 Å². The molecule has 2 N–H and O–H groups in total. The van der Waals surface area contributed by atoms with Crippen LogP contribution in [0.25, 0.3) is 0 Å². The number of likely N-dealkylation sites (tertiary alicyclic amines) is 1. The third kappa shape index (κ3) is 4.35. The lowest BCUT2D eigenvalue weighted by Crippen LogP contribution is -2.60. The molecule has 2 saturated heterocycles. The first-order chi connectivity index (χ1) is 18.8. The highest BCUT2D eigenvalue weighted by Gasteiger charge is 2.73. The van der Waals surface area contributed by atoms with Gasteiger partial charge in [-0.2, -0.15) is 0 Å².